The van der Waals surface area contributed by atoms with E-state index in [4.69, 9.17) is 10.7 Å². The van der Waals surface area contributed by atoms with Crippen molar-refractivity contribution in [3.8, 4) is 11.3 Å². The average molecular weight is 385 g/mol. The molecule has 0 saturated heterocycles. The maximum absolute atomic E-state index is 11.3. The number of hydrogen-bond donors (Lipinski definition) is 3. The number of hydrogen-bond acceptors (Lipinski definition) is 4. The van der Waals surface area contributed by atoms with Crippen LogP contribution in [0.25, 0.3) is 16.9 Å². The van der Waals surface area contributed by atoms with Gasteiger partial charge in [0.2, 0.25) is 5.91 Å². The van der Waals surface area contributed by atoms with Crippen molar-refractivity contribution in [3.05, 3.63) is 78.0 Å². The van der Waals surface area contributed by atoms with Gasteiger partial charge in [0, 0.05) is 23.1 Å². The van der Waals surface area contributed by atoms with Crippen LogP contribution in [0.3, 0.4) is 0 Å². The third-order valence-electron chi connectivity index (χ3n) is 4.89. The van der Waals surface area contributed by atoms with Crippen LogP contribution in [0.2, 0.25) is 0 Å². The molecule has 0 fully saturated rings. The van der Waals surface area contributed by atoms with Gasteiger partial charge in [0.15, 0.2) is 0 Å². The van der Waals surface area contributed by atoms with Gasteiger partial charge in [-0.05, 0) is 43.2 Å². The molecule has 2 heterocycles. The van der Waals surface area contributed by atoms with Gasteiger partial charge < -0.3 is 16.4 Å². The van der Waals surface area contributed by atoms with Gasteiger partial charge in [-0.3, -0.25) is 9.20 Å². The van der Waals surface area contributed by atoms with Crippen LogP contribution in [-0.2, 0) is 4.79 Å². The highest BCUT2D eigenvalue weighted by molar-refractivity contribution is 5.88. The number of nitrogens with zero attached hydrogens (tertiary/aromatic N) is 2. The summed E-state index contributed by atoms with van der Waals surface area (Å²) >= 11 is 0. The molecule has 4 N–H and O–H groups in total. The number of primary amides is 1. The number of aryl methyl sites for hydroxylation is 2. The van der Waals surface area contributed by atoms with Crippen molar-refractivity contribution in [1.82, 2.24) is 9.38 Å². The summed E-state index contributed by atoms with van der Waals surface area (Å²) in [7, 11) is 0. The van der Waals surface area contributed by atoms with E-state index in [0.29, 0.717) is 0 Å². The largest absolute Gasteiger partial charge is 0.376 e. The summed E-state index contributed by atoms with van der Waals surface area (Å²) in [5, 5.41) is 6.72. The molecule has 0 atom stereocenters. The minimum atomic E-state index is -0.413. The van der Waals surface area contributed by atoms with Gasteiger partial charge in [0.25, 0.3) is 0 Å². The lowest BCUT2D eigenvalue weighted by atomic mass is 10.1. The van der Waals surface area contributed by atoms with Crippen molar-refractivity contribution in [3.63, 3.8) is 0 Å². The molecule has 2 aromatic carbocycles. The van der Waals surface area contributed by atoms with E-state index in [0.717, 1.165) is 45.2 Å². The van der Waals surface area contributed by atoms with Crippen LogP contribution >= 0.6 is 0 Å². The number of imidazole rings is 1. The number of pyridine rings is 1. The van der Waals surface area contributed by atoms with E-state index < -0.39 is 5.91 Å². The number of carbonyl (C=O) groups excluding carboxylic acids is 1. The molecule has 4 rings (SSSR count). The normalized spacial score (nSPS) is 10.8. The molecular weight excluding hydrogens is 362 g/mol. The van der Waals surface area contributed by atoms with Crippen molar-refractivity contribution >= 4 is 28.7 Å². The number of nitrogens with one attached hydrogen (secondary N) is 2. The molecule has 0 spiro atoms. The van der Waals surface area contributed by atoms with Crippen LogP contribution in [0, 0.1) is 13.8 Å². The first-order valence-electron chi connectivity index (χ1n) is 9.46. The van der Waals surface area contributed by atoms with E-state index in [1.165, 1.54) is 0 Å². The number of rotatable bonds is 6. The second-order valence-electron chi connectivity index (χ2n) is 7.00. The molecule has 0 radical (unpaired) electrons. The molecule has 6 nitrogen and oxygen atoms in total. The second kappa shape index (κ2) is 7.67. The topological polar surface area (TPSA) is 84.5 Å². The Labute approximate surface area is 169 Å². The van der Waals surface area contributed by atoms with E-state index >= 15 is 0 Å². The molecule has 146 valence electrons. The van der Waals surface area contributed by atoms with Crippen LogP contribution < -0.4 is 16.4 Å². The second-order valence-corrected chi connectivity index (χ2v) is 7.00. The third-order valence-corrected chi connectivity index (χ3v) is 4.89. The molecule has 0 bridgehead atoms. The van der Waals surface area contributed by atoms with E-state index in [9.17, 15) is 4.79 Å². The van der Waals surface area contributed by atoms with Crippen molar-refractivity contribution in [1.29, 1.82) is 0 Å². The summed E-state index contributed by atoms with van der Waals surface area (Å²) in [4.78, 5) is 16.1. The molecule has 2 aromatic heterocycles. The summed E-state index contributed by atoms with van der Waals surface area (Å²) in [6, 6.07) is 19.9. The van der Waals surface area contributed by atoms with Gasteiger partial charge in [-0.2, -0.15) is 0 Å². The molecule has 0 aliphatic rings. The number of amides is 1. The summed E-state index contributed by atoms with van der Waals surface area (Å²) in [5.41, 5.74) is 12.0. The summed E-state index contributed by atoms with van der Waals surface area (Å²) in [6.07, 6.45) is 1.99. The van der Waals surface area contributed by atoms with Crippen molar-refractivity contribution < 1.29 is 4.79 Å². The van der Waals surface area contributed by atoms with E-state index in [1.807, 2.05) is 59.1 Å². The molecule has 0 saturated carbocycles. The highest BCUT2D eigenvalue weighted by Crippen LogP contribution is 2.36. The Balaban J connectivity index is 1.88. The Kier molecular flexibility index (Phi) is 4.91. The van der Waals surface area contributed by atoms with Crippen LogP contribution in [0.1, 0.15) is 11.1 Å². The van der Waals surface area contributed by atoms with Crippen molar-refractivity contribution in [2.24, 2.45) is 5.73 Å². The molecule has 6 heteroatoms. The predicted octanol–water partition coefficient (Wildman–Crippen LogP) is 4.26. The Morgan fingerprint density at radius 1 is 1.00 bits per heavy atom. The Morgan fingerprint density at radius 3 is 2.48 bits per heavy atom. The van der Waals surface area contributed by atoms with Crippen LogP contribution in [0.4, 0.5) is 17.2 Å². The van der Waals surface area contributed by atoms with Gasteiger partial charge in [0.05, 0.1) is 6.54 Å². The van der Waals surface area contributed by atoms with E-state index in [1.54, 1.807) is 0 Å². The Bertz CT molecular complexity index is 1170. The quantitative estimate of drug-likeness (QED) is 0.463. The monoisotopic (exact) mass is 385 g/mol. The number of para-hydroxylation sites is 2. The first-order chi connectivity index (χ1) is 14.0. The zero-order valence-corrected chi connectivity index (χ0v) is 16.4. The lowest BCUT2D eigenvalue weighted by Crippen LogP contribution is -2.22. The fraction of sp³-hybridized carbons (Fsp3) is 0.130. The maximum Gasteiger partial charge on any atom is 0.236 e. The van der Waals surface area contributed by atoms with Crippen molar-refractivity contribution in [2.45, 2.75) is 13.8 Å². The molecule has 4 aromatic rings. The molecular formula is C23H23N5O. The molecule has 0 aliphatic carbocycles. The SMILES string of the molecule is Cc1cccc(C)c1Nc1c(-c2ccccc2NCC(N)=O)nc2ccccn12. The van der Waals surface area contributed by atoms with Crippen LogP contribution in [-0.4, -0.2) is 21.8 Å². The summed E-state index contributed by atoms with van der Waals surface area (Å²) in [6.45, 7) is 4.23. The van der Waals surface area contributed by atoms with E-state index in [2.05, 4.69) is 36.6 Å². The van der Waals surface area contributed by atoms with Gasteiger partial charge in [-0.15, -0.1) is 0 Å². The van der Waals surface area contributed by atoms with Gasteiger partial charge in [-0.1, -0.05) is 42.5 Å². The molecule has 0 aliphatic heterocycles. The number of anilines is 3. The predicted molar refractivity (Wildman–Crippen MR) is 118 cm³/mol. The minimum absolute atomic E-state index is 0.0596. The van der Waals surface area contributed by atoms with Crippen LogP contribution in [0.15, 0.2) is 66.9 Å². The number of aromatic nitrogens is 2. The van der Waals surface area contributed by atoms with Gasteiger partial charge in [-0.25, -0.2) is 4.98 Å². The zero-order valence-electron chi connectivity index (χ0n) is 16.4. The van der Waals surface area contributed by atoms with Gasteiger partial charge >= 0.3 is 0 Å². The first-order valence-corrected chi connectivity index (χ1v) is 9.46. The van der Waals surface area contributed by atoms with E-state index in [-0.39, 0.29) is 6.54 Å². The number of carbonyl (C=O) groups is 1. The first kappa shape index (κ1) is 18.6. The third kappa shape index (κ3) is 3.65. The van der Waals surface area contributed by atoms with Crippen molar-refractivity contribution in [2.75, 3.05) is 17.2 Å². The Morgan fingerprint density at radius 2 is 1.72 bits per heavy atom. The fourth-order valence-corrected chi connectivity index (χ4v) is 3.46. The highest BCUT2D eigenvalue weighted by Gasteiger charge is 2.18. The zero-order chi connectivity index (χ0) is 20.4. The summed E-state index contributed by atoms with van der Waals surface area (Å²) < 4.78 is 2.03. The lowest BCUT2D eigenvalue weighted by molar-refractivity contribution is -0.116. The highest BCUT2D eigenvalue weighted by atomic mass is 16.1. The maximum atomic E-state index is 11.3. The Hall–Kier alpha value is -3.80. The molecule has 29 heavy (non-hydrogen) atoms. The fourth-order valence-electron chi connectivity index (χ4n) is 3.46. The molecule has 1 amide bonds. The minimum Gasteiger partial charge on any atom is -0.376 e. The van der Waals surface area contributed by atoms with Crippen LogP contribution in [0.5, 0.6) is 0 Å². The number of nitrogens with two attached hydrogens (primary N) is 1. The number of benzene rings is 2. The standard InChI is InChI=1S/C23H23N5O/c1-15-8-7-9-16(2)21(15)27-23-22(26-20-12-5-6-13-28(20)23)17-10-3-4-11-18(17)25-14-19(24)29/h3-13,25,27H,14H2,1-2H3,(H2,24,29). The lowest BCUT2D eigenvalue weighted by Gasteiger charge is -2.15. The average Bonchev–Trinajstić information content (AvgIpc) is 3.08. The smallest absolute Gasteiger partial charge is 0.236 e. The molecule has 0 unspecified atom stereocenters. The van der Waals surface area contributed by atoms with Gasteiger partial charge in [0.1, 0.15) is 17.2 Å². The number of fused-ring (bicyclic) bond motifs is 1. The summed E-state index contributed by atoms with van der Waals surface area (Å²) in [5.74, 6) is 0.454.